The van der Waals surface area contributed by atoms with Gasteiger partial charge in [-0.25, -0.2) is 0 Å². The average molecular weight is 259 g/mol. The number of nitrogens with one attached hydrogen (secondary N) is 1. The van der Waals surface area contributed by atoms with E-state index in [0.717, 1.165) is 12.4 Å². The lowest BCUT2D eigenvalue weighted by atomic mass is 9.88. The van der Waals surface area contributed by atoms with Gasteiger partial charge in [-0.1, -0.05) is 25.1 Å². The molecule has 1 N–H and O–H groups in total. The number of hydrogen-bond donors (Lipinski definition) is 1. The van der Waals surface area contributed by atoms with Gasteiger partial charge in [0, 0.05) is 23.6 Å². The van der Waals surface area contributed by atoms with Gasteiger partial charge in [-0.15, -0.1) is 0 Å². The Morgan fingerprint density at radius 2 is 2.11 bits per heavy atom. The van der Waals surface area contributed by atoms with Crippen molar-refractivity contribution >= 4 is 0 Å². The maximum atomic E-state index is 5.96. The maximum Gasteiger partial charge on any atom is 0.124 e. The number of fused-ring (bicyclic) bond motifs is 3. The molecular weight excluding hydrogens is 238 g/mol. The molecule has 2 saturated heterocycles. The third-order valence-electron chi connectivity index (χ3n) is 4.82. The van der Waals surface area contributed by atoms with Crippen LogP contribution in [-0.4, -0.2) is 24.9 Å². The van der Waals surface area contributed by atoms with Crippen LogP contribution >= 0.6 is 0 Å². The molecule has 102 valence electrons. The molecule has 3 heterocycles. The van der Waals surface area contributed by atoms with E-state index in [-0.39, 0.29) is 0 Å². The summed E-state index contributed by atoms with van der Waals surface area (Å²) < 4.78 is 11.8. The Labute approximate surface area is 114 Å². The molecule has 3 heteroatoms. The smallest absolute Gasteiger partial charge is 0.124 e. The Morgan fingerprint density at radius 3 is 2.89 bits per heavy atom. The lowest BCUT2D eigenvalue weighted by molar-refractivity contribution is 0.0919. The minimum absolute atomic E-state index is 0.401. The Balaban J connectivity index is 1.57. The highest BCUT2D eigenvalue weighted by molar-refractivity contribution is 5.38. The Bertz CT molecular complexity index is 476. The van der Waals surface area contributed by atoms with Gasteiger partial charge in [-0.05, 0) is 25.3 Å². The lowest BCUT2D eigenvalue weighted by Crippen LogP contribution is -2.44. The van der Waals surface area contributed by atoms with Crippen LogP contribution in [0.4, 0.5) is 0 Å². The monoisotopic (exact) mass is 259 g/mol. The maximum absolute atomic E-state index is 5.96. The number of rotatable bonds is 2. The van der Waals surface area contributed by atoms with E-state index in [1.807, 2.05) is 6.07 Å². The minimum Gasteiger partial charge on any atom is -0.493 e. The van der Waals surface area contributed by atoms with Gasteiger partial charge in [0.05, 0.1) is 18.8 Å². The third-order valence-corrected chi connectivity index (χ3v) is 4.82. The largest absolute Gasteiger partial charge is 0.493 e. The SMILES string of the molecule is CC1COc2ccccc2C1NC1CC2CCC1O2. The molecule has 19 heavy (non-hydrogen) atoms. The van der Waals surface area contributed by atoms with Crippen molar-refractivity contribution in [3.05, 3.63) is 29.8 Å². The zero-order valence-electron chi connectivity index (χ0n) is 11.3. The molecule has 2 fully saturated rings. The first kappa shape index (κ1) is 11.7. The number of benzene rings is 1. The van der Waals surface area contributed by atoms with Crippen LogP contribution in [0.3, 0.4) is 0 Å². The van der Waals surface area contributed by atoms with Crippen molar-refractivity contribution < 1.29 is 9.47 Å². The van der Waals surface area contributed by atoms with Gasteiger partial charge in [0.25, 0.3) is 0 Å². The molecule has 3 nitrogen and oxygen atoms in total. The molecule has 0 saturated carbocycles. The Morgan fingerprint density at radius 1 is 1.21 bits per heavy atom. The fourth-order valence-electron chi connectivity index (χ4n) is 3.79. The van der Waals surface area contributed by atoms with Crippen LogP contribution in [0.5, 0.6) is 5.75 Å². The second-order valence-electron chi connectivity index (χ2n) is 6.19. The van der Waals surface area contributed by atoms with Crippen LogP contribution in [0.2, 0.25) is 0 Å². The molecule has 1 aromatic rings. The summed E-state index contributed by atoms with van der Waals surface area (Å²) in [6.07, 6.45) is 4.60. The van der Waals surface area contributed by atoms with Crippen molar-refractivity contribution in [3.63, 3.8) is 0 Å². The predicted molar refractivity (Wildman–Crippen MR) is 73.3 cm³/mol. The normalized spacial score (nSPS) is 39.9. The summed E-state index contributed by atoms with van der Waals surface area (Å²) in [7, 11) is 0. The molecule has 0 radical (unpaired) electrons. The van der Waals surface area contributed by atoms with E-state index in [1.165, 1.54) is 24.8 Å². The fraction of sp³-hybridized carbons (Fsp3) is 0.625. The zero-order valence-corrected chi connectivity index (χ0v) is 11.3. The highest BCUT2D eigenvalue weighted by atomic mass is 16.5. The lowest BCUT2D eigenvalue weighted by Gasteiger charge is -2.35. The standard InChI is InChI=1S/C16H21NO2/c1-10-9-18-14-5-3-2-4-12(14)16(10)17-13-8-11-6-7-15(13)19-11/h2-5,10-11,13,15-17H,6-9H2,1H3. The third kappa shape index (κ3) is 1.96. The van der Waals surface area contributed by atoms with Gasteiger partial charge in [0.15, 0.2) is 0 Å². The van der Waals surface area contributed by atoms with Crippen LogP contribution < -0.4 is 10.1 Å². The van der Waals surface area contributed by atoms with Gasteiger partial charge in [-0.2, -0.15) is 0 Å². The Hall–Kier alpha value is -1.06. The molecule has 5 unspecified atom stereocenters. The second-order valence-corrected chi connectivity index (χ2v) is 6.19. The highest BCUT2D eigenvalue weighted by Gasteiger charge is 2.42. The molecular formula is C16H21NO2. The van der Waals surface area contributed by atoms with Crippen molar-refractivity contribution in [1.29, 1.82) is 0 Å². The molecule has 0 amide bonds. The Kier molecular flexibility index (Phi) is 2.78. The molecule has 0 spiro atoms. The van der Waals surface area contributed by atoms with E-state index in [2.05, 4.69) is 30.4 Å². The summed E-state index contributed by atoms with van der Waals surface area (Å²) >= 11 is 0. The van der Waals surface area contributed by atoms with E-state index in [0.29, 0.717) is 30.2 Å². The summed E-state index contributed by atoms with van der Waals surface area (Å²) in [5.41, 5.74) is 1.31. The summed E-state index contributed by atoms with van der Waals surface area (Å²) in [6.45, 7) is 3.07. The van der Waals surface area contributed by atoms with Crippen LogP contribution in [0.15, 0.2) is 24.3 Å². The number of para-hydroxylation sites is 1. The molecule has 0 aromatic heterocycles. The molecule has 3 aliphatic rings. The molecule has 5 atom stereocenters. The molecule has 2 bridgehead atoms. The predicted octanol–water partition coefficient (Wildman–Crippen LogP) is 2.67. The number of ether oxygens (including phenoxy) is 2. The van der Waals surface area contributed by atoms with E-state index in [4.69, 9.17) is 9.47 Å². The van der Waals surface area contributed by atoms with Crippen molar-refractivity contribution in [3.8, 4) is 5.75 Å². The summed E-state index contributed by atoms with van der Waals surface area (Å²) in [4.78, 5) is 0. The first-order valence-corrected chi connectivity index (χ1v) is 7.44. The van der Waals surface area contributed by atoms with Gasteiger partial charge in [-0.3, -0.25) is 0 Å². The summed E-state index contributed by atoms with van der Waals surface area (Å²) in [6, 6.07) is 9.35. The minimum atomic E-state index is 0.401. The zero-order chi connectivity index (χ0) is 12.8. The molecule has 3 aliphatic heterocycles. The number of hydrogen-bond acceptors (Lipinski definition) is 3. The van der Waals surface area contributed by atoms with Crippen LogP contribution in [0.25, 0.3) is 0 Å². The highest BCUT2D eigenvalue weighted by Crippen LogP contribution is 2.39. The van der Waals surface area contributed by atoms with E-state index >= 15 is 0 Å². The van der Waals surface area contributed by atoms with Crippen LogP contribution in [0, 0.1) is 5.92 Å². The van der Waals surface area contributed by atoms with Crippen molar-refractivity contribution in [1.82, 2.24) is 5.32 Å². The van der Waals surface area contributed by atoms with E-state index < -0.39 is 0 Å². The first-order chi connectivity index (χ1) is 9.31. The fourth-order valence-corrected chi connectivity index (χ4v) is 3.79. The quantitative estimate of drug-likeness (QED) is 0.885. The van der Waals surface area contributed by atoms with Crippen LogP contribution in [0.1, 0.15) is 37.8 Å². The average Bonchev–Trinajstić information content (AvgIpc) is 3.04. The first-order valence-electron chi connectivity index (χ1n) is 7.44. The van der Waals surface area contributed by atoms with Gasteiger partial charge >= 0.3 is 0 Å². The van der Waals surface area contributed by atoms with Gasteiger partial charge in [0.1, 0.15) is 5.75 Å². The molecule has 1 aromatic carbocycles. The molecule has 4 rings (SSSR count). The summed E-state index contributed by atoms with van der Waals surface area (Å²) in [5, 5.41) is 3.85. The topological polar surface area (TPSA) is 30.5 Å². The van der Waals surface area contributed by atoms with Gasteiger partial charge < -0.3 is 14.8 Å². The summed E-state index contributed by atoms with van der Waals surface area (Å²) in [5.74, 6) is 1.55. The van der Waals surface area contributed by atoms with E-state index in [9.17, 15) is 0 Å². The van der Waals surface area contributed by atoms with Crippen molar-refractivity contribution in [2.24, 2.45) is 5.92 Å². The van der Waals surface area contributed by atoms with Crippen molar-refractivity contribution in [2.75, 3.05) is 6.61 Å². The second kappa shape index (κ2) is 4.50. The van der Waals surface area contributed by atoms with Crippen molar-refractivity contribution in [2.45, 2.75) is 50.5 Å². The van der Waals surface area contributed by atoms with Gasteiger partial charge in [0.2, 0.25) is 0 Å². The van der Waals surface area contributed by atoms with Crippen LogP contribution in [-0.2, 0) is 4.74 Å². The molecule has 0 aliphatic carbocycles. The van der Waals surface area contributed by atoms with E-state index in [1.54, 1.807) is 0 Å².